The first-order chi connectivity index (χ1) is 13.0. The largest absolute Gasteiger partial charge is 0.469 e. The van der Waals surface area contributed by atoms with Crippen molar-refractivity contribution in [2.75, 3.05) is 5.32 Å². The molecule has 0 saturated carbocycles. The third-order valence-electron chi connectivity index (χ3n) is 3.93. The van der Waals surface area contributed by atoms with Crippen LogP contribution in [0.5, 0.6) is 0 Å². The van der Waals surface area contributed by atoms with Crippen molar-refractivity contribution in [3.05, 3.63) is 46.8 Å². The molecule has 3 aromatic heterocycles. The van der Waals surface area contributed by atoms with Crippen LogP contribution < -0.4 is 11.0 Å². The molecule has 0 aliphatic heterocycles. The third kappa shape index (κ3) is 3.51. The molecule has 4 aromatic rings. The van der Waals surface area contributed by atoms with E-state index in [9.17, 15) is 9.59 Å². The first-order valence-electron chi connectivity index (χ1n) is 8.07. The lowest BCUT2D eigenvalue weighted by Crippen LogP contribution is -2.22. The number of rotatable bonds is 5. The van der Waals surface area contributed by atoms with Crippen LogP contribution >= 0.6 is 11.8 Å². The number of benzene rings is 1. The average Bonchev–Trinajstić information content (AvgIpc) is 3.33. The Morgan fingerprint density at radius 2 is 2.04 bits per heavy atom. The van der Waals surface area contributed by atoms with E-state index in [2.05, 4.69) is 25.5 Å². The number of aryl methyl sites for hydroxylation is 1. The van der Waals surface area contributed by atoms with Gasteiger partial charge in [-0.2, -0.15) is 0 Å². The zero-order chi connectivity index (χ0) is 19.0. The van der Waals surface area contributed by atoms with E-state index in [1.807, 2.05) is 0 Å². The Balaban J connectivity index is 1.43. The number of carbonyl (C=O) groups is 1. The van der Waals surface area contributed by atoms with Gasteiger partial charge in [-0.25, -0.2) is 4.79 Å². The van der Waals surface area contributed by atoms with Crippen molar-refractivity contribution < 1.29 is 13.6 Å². The molecule has 0 fully saturated rings. The van der Waals surface area contributed by atoms with Gasteiger partial charge in [0.2, 0.25) is 5.91 Å². The Morgan fingerprint density at radius 1 is 1.22 bits per heavy atom. The Labute approximate surface area is 156 Å². The smallest absolute Gasteiger partial charge is 0.323 e. The molecule has 0 bridgehead atoms. The summed E-state index contributed by atoms with van der Waals surface area (Å²) in [5.41, 5.74) is 2.30. The number of aromatic nitrogens is 4. The number of nitrogens with zero attached hydrogens (tertiary/aromatic N) is 2. The maximum atomic E-state index is 12.4. The molecule has 0 aliphatic carbocycles. The maximum Gasteiger partial charge on any atom is 0.323 e. The van der Waals surface area contributed by atoms with Crippen molar-refractivity contribution in [1.82, 2.24) is 20.2 Å². The SMILES string of the molecule is Cc1occc1-c1nnc(SC(C)C(=O)Nc2ccc3[nH]c(=O)[nH]c3c2)o1. The number of H-pyrrole nitrogens is 2. The molecule has 10 heteroatoms. The van der Waals surface area contributed by atoms with Crippen LogP contribution in [0, 0.1) is 6.92 Å². The van der Waals surface area contributed by atoms with Gasteiger partial charge < -0.3 is 24.1 Å². The first-order valence-corrected chi connectivity index (χ1v) is 8.95. The standard InChI is InChI=1S/C17H15N5O4S/c1-8-11(5-6-25-8)15-21-22-17(26-15)27-9(2)14(23)18-10-3-4-12-13(7-10)20-16(24)19-12/h3-7,9H,1-2H3,(H,18,23)(H2,19,20,24). The van der Waals surface area contributed by atoms with E-state index in [1.54, 1.807) is 44.4 Å². The van der Waals surface area contributed by atoms with Gasteiger partial charge >= 0.3 is 5.69 Å². The first kappa shape index (κ1) is 17.2. The van der Waals surface area contributed by atoms with Crippen molar-refractivity contribution in [1.29, 1.82) is 0 Å². The van der Waals surface area contributed by atoms with Crippen molar-refractivity contribution >= 4 is 34.4 Å². The van der Waals surface area contributed by atoms with Crippen LogP contribution in [-0.2, 0) is 4.79 Å². The lowest BCUT2D eigenvalue weighted by Gasteiger charge is -2.09. The van der Waals surface area contributed by atoms with Crippen LogP contribution in [0.1, 0.15) is 12.7 Å². The van der Waals surface area contributed by atoms with Crippen LogP contribution in [0.4, 0.5) is 5.69 Å². The molecule has 27 heavy (non-hydrogen) atoms. The fraction of sp³-hybridized carbons (Fsp3) is 0.176. The van der Waals surface area contributed by atoms with Gasteiger partial charge in [-0.05, 0) is 38.1 Å². The molecular formula is C17H15N5O4S. The van der Waals surface area contributed by atoms with Crippen LogP contribution in [0.15, 0.2) is 49.4 Å². The number of amides is 1. The number of anilines is 1. The number of carbonyl (C=O) groups excluding carboxylic acids is 1. The van der Waals surface area contributed by atoms with E-state index in [0.29, 0.717) is 33.6 Å². The normalized spacial score (nSPS) is 12.4. The molecule has 0 saturated heterocycles. The number of nitrogens with one attached hydrogen (secondary N) is 3. The fourth-order valence-corrected chi connectivity index (χ4v) is 3.22. The molecule has 3 heterocycles. The van der Waals surface area contributed by atoms with Gasteiger partial charge in [-0.3, -0.25) is 4.79 Å². The van der Waals surface area contributed by atoms with E-state index in [1.165, 1.54) is 0 Å². The zero-order valence-electron chi connectivity index (χ0n) is 14.4. The third-order valence-corrected chi connectivity index (χ3v) is 4.86. The summed E-state index contributed by atoms with van der Waals surface area (Å²) in [6.07, 6.45) is 1.55. The van der Waals surface area contributed by atoms with Gasteiger partial charge in [0.05, 0.1) is 28.1 Å². The predicted molar refractivity (Wildman–Crippen MR) is 99.6 cm³/mol. The minimum atomic E-state index is -0.468. The number of hydrogen-bond acceptors (Lipinski definition) is 7. The Bertz CT molecular complexity index is 1170. The lowest BCUT2D eigenvalue weighted by molar-refractivity contribution is -0.115. The number of furan rings is 1. The molecule has 138 valence electrons. The molecule has 0 radical (unpaired) electrons. The molecule has 4 rings (SSSR count). The summed E-state index contributed by atoms with van der Waals surface area (Å²) in [6.45, 7) is 3.54. The van der Waals surface area contributed by atoms with E-state index < -0.39 is 5.25 Å². The molecule has 9 nitrogen and oxygen atoms in total. The van der Waals surface area contributed by atoms with Crippen LogP contribution in [0.2, 0.25) is 0 Å². The van der Waals surface area contributed by atoms with E-state index >= 15 is 0 Å². The molecular weight excluding hydrogens is 370 g/mol. The summed E-state index contributed by atoms with van der Waals surface area (Å²) in [5.74, 6) is 0.800. The van der Waals surface area contributed by atoms with Gasteiger partial charge in [0.25, 0.3) is 11.1 Å². The highest BCUT2D eigenvalue weighted by Gasteiger charge is 2.20. The van der Waals surface area contributed by atoms with Crippen molar-refractivity contribution in [2.24, 2.45) is 0 Å². The topological polar surface area (TPSA) is 130 Å². The summed E-state index contributed by atoms with van der Waals surface area (Å²) in [7, 11) is 0. The summed E-state index contributed by atoms with van der Waals surface area (Å²) in [5, 5.41) is 10.6. The van der Waals surface area contributed by atoms with Crippen molar-refractivity contribution in [2.45, 2.75) is 24.3 Å². The molecule has 1 aromatic carbocycles. The molecule has 0 aliphatic rings. The molecule has 1 atom stereocenters. The quantitative estimate of drug-likeness (QED) is 0.450. The van der Waals surface area contributed by atoms with Crippen molar-refractivity contribution in [3.8, 4) is 11.5 Å². The van der Waals surface area contributed by atoms with E-state index in [0.717, 1.165) is 17.3 Å². The second kappa shape index (κ2) is 6.80. The highest BCUT2D eigenvalue weighted by molar-refractivity contribution is 8.00. The Kier molecular flexibility index (Phi) is 4.32. The minimum Gasteiger partial charge on any atom is -0.469 e. The van der Waals surface area contributed by atoms with Gasteiger partial charge in [-0.1, -0.05) is 11.8 Å². The average molecular weight is 385 g/mol. The molecule has 3 N–H and O–H groups in total. The lowest BCUT2D eigenvalue weighted by atomic mass is 10.2. The number of aromatic amines is 2. The second-order valence-corrected chi connectivity index (χ2v) is 7.14. The van der Waals surface area contributed by atoms with Crippen LogP contribution in [-0.4, -0.2) is 31.3 Å². The number of hydrogen-bond donors (Lipinski definition) is 3. The summed E-state index contributed by atoms with van der Waals surface area (Å²) >= 11 is 1.16. The zero-order valence-corrected chi connectivity index (χ0v) is 15.2. The number of thioether (sulfide) groups is 1. The van der Waals surface area contributed by atoms with Gasteiger partial charge in [-0.15, -0.1) is 10.2 Å². The van der Waals surface area contributed by atoms with Gasteiger partial charge in [0, 0.05) is 5.69 Å². The highest BCUT2D eigenvalue weighted by Crippen LogP contribution is 2.28. The highest BCUT2D eigenvalue weighted by atomic mass is 32.2. The molecule has 0 spiro atoms. The van der Waals surface area contributed by atoms with E-state index in [4.69, 9.17) is 8.83 Å². The Morgan fingerprint density at radius 3 is 2.81 bits per heavy atom. The number of fused-ring (bicyclic) bond motifs is 1. The molecule has 1 amide bonds. The van der Waals surface area contributed by atoms with Gasteiger partial charge in [0.1, 0.15) is 5.76 Å². The minimum absolute atomic E-state index is 0.225. The number of imidazole rings is 1. The molecule has 1 unspecified atom stereocenters. The van der Waals surface area contributed by atoms with E-state index in [-0.39, 0.29) is 11.6 Å². The van der Waals surface area contributed by atoms with Gasteiger partial charge in [0.15, 0.2) is 0 Å². The predicted octanol–water partition coefficient (Wildman–Crippen LogP) is 2.93. The van der Waals surface area contributed by atoms with Crippen LogP contribution in [0.3, 0.4) is 0 Å². The van der Waals surface area contributed by atoms with Crippen LogP contribution in [0.25, 0.3) is 22.5 Å². The summed E-state index contributed by atoms with van der Waals surface area (Å²) in [6, 6.07) is 6.87. The monoisotopic (exact) mass is 385 g/mol. The summed E-state index contributed by atoms with van der Waals surface area (Å²) in [4.78, 5) is 29.0. The maximum absolute atomic E-state index is 12.4. The fourth-order valence-electron chi connectivity index (χ4n) is 2.53. The van der Waals surface area contributed by atoms with Crippen molar-refractivity contribution in [3.63, 3.8) is 0 Å². The Hall–Kier alpha value is -3.27. The summed E-state index contributed by atoms with van der Waals surface area (Å²) < 4.78 is 10.8. The second-order valence-electron chi connectivity index (χ2n) is 5.85.